The van der Waals surface area contributed by atoms with Gasteiger partial charge in [0.05, 0.1) is 19.1 Å². The molecule has 0 aliphatic heterocycles. The van der Waals surface area contributed by atoms with Crippen LogP contribution in [0.3, 0.4) is 0 Å². The number of nitrogens with two attached hydrogens (primary N) is 1. The first-order valence-electron chi connectivity index (χ1n) is 9.24. The lowest BCUT2D eigenvalue weighted by Gasteiger charge is -2.14. The number of nitrogens with one attached hydrogen (secondary N) is 1. The van der Waals surface area contributed by atoms with E-state index in [4.69, 9.17) is 18.3 Å². The van der Waals surface area contributed by atoms with Gasteiger partial charge in [-0.3, -0.25) is 4.79 Å². The van der Waals surface area contributed by atoms with Crippen molar-refractivity contribution in [2.24, 2.45) is 0 Å². The van der Waals surface area contributed by atoms with E-state index in [-0.39, 0.29) is 5.91 Å². The minimum absolute atomic E-state index is 0.252. The highest BCUT2D eigenvalue weighted by molar-refractivity contribution is 6.09. The van der Waals surface area contributed by atoms with Crippen molar-refractivity contribution < 1.29 is 9.53 Å². The topological polar surface area (TPSA) is 64.3 Å². The molecule has 0 saturated carbocycles. The third-order valence-electron chi connectivity index (χ3n) is 4.52. The molecule has 1 amide bonds. The van der Waals surface area contributed by atoms with Crippen molar-refractivity contribution in [3.05, 3.63) is 89.0 Å². The minimum atomic E-state index is -0.252. The lowest BCUT2D eigenvalue weighted by atomic mass is 9.97. The van der Waals surface area contributed by atoms with Gasteiger partial charge in [-0.05, 0) is 48.2 Å². The number of nitrogen functional groups attached to an aromatic ring is 1. The van der Waals surface area contributed by atoms with Crippen LogP contribution in [0.15, 0.2) is 66.7 Å². The molecule has 0 atom stereocenters. The average Bonchev–Trinajstić information content (AvgIpc) is 2.68. The lowest BCUT2D eigenvalue weighted by molar-refractivity contribution is 0.102. The molecular weight excluding hydrogens is 347 g/mol. The fourth-order valence-corrected chi connectivity index (χ4v) is 3.01. The van der Waals surface area contributed by atoms with E-state index in [9.17, 15) is 4.79 Å². The molecule has 3 rings (SSSR count). The number of rotatable bonds is 7. The molecule has 0 spiro atoms. The average molecular weight is 370 g/mol. The minimum Gasteiger partial charge on any atom is -0.487 e. The van der Waals surface area contributed by atoms with Crippen LogP contribution in [-0.2, 0) is 13.0 Å². The maximum Gasteiger partial charge on any atom is 0.258 e. The second-order valence-corrected chi connectivity index (χ2v) is 6.63. The Hall–Kier alpha value is -3.21. The van der Waals surface area contributed by atoms with E-state index in [1.54, 1.807) is 6.07 Å². The molecule has 28 heavy (non-hydrogen) atoms. The van der Waals surface area contributed by atoms with Gasteiger partial charge < -0.3 is 15.8 Å². The van der Waals surface area contributed by atoms with Crippen molar-refractivity contribution in [2.75, 3.05) is 11.1 Å². The molecule has 4 nitrogen and oxygen atoms in total. The van der Waals surface area contributed by atoms with Gasteiger partial charge in [-0.15, -0.1) is 0 Å². The van der Waals surface area contributed by atoms with E-state index in [1.807, 2.05) is 55.5 Å². The predicted molar refractivity (Wildman–Crippen MR) is 115 cm³/mol. The summed E-state index contributed by atoms with van der Waals surface area (Å²) in [6, 6.07) is 21.0. The lowest BCUT2D eigenvalue weighted by Crippen LogP contribution is -2.16. The quantitative estimate of drug-likeness (QED) is 0.474. The summed E-state index contributed by atoms with van der Waals surface area (Å²) >= 11 is 0. The molecule has 140 valence electrons. The van der Waals surface area contributed by atoms with Crippen molar-refractivity contribution in [3.8, 4) is 5.75 Å². The molecule has 3 N–H and O–H groups in total. The third kappa shape index (κ3) is 4.74. The Labute approximate surface area is 167 Å². The summed E-state index contributed by atoms with van der Waals surface area (Å²) in [5.74, 6) is 0.354. The molecule has 0 heterocycles. The first kappa shape index (κ1) is 19.6. The van der Waals surface area contributed by atoms with Crippen LogP contribution >= 0.6 is 0 Å². The number of para-hydroxylation sites is 2. The zero-order valence-electron chi connectivity index (χ0n) is 15.9. The highest BCUT2D eigenvalue weighted by Gasteiger charge is 2.14. The van der Waals surface area contributed by atoms with Gasteiger partial charge in [-0.25, -0.2) is 0 Å². The molecule has 0 aliphatic carbocycles. The van der Waals surface area contributed by atoms with Gasteiger partial charge in [0.2, 0.25) is 0 Å². The van der Waals surface area contributed by atoms with Gasteiger partial charge >= 0.3 is 0 Å². The van der Waals surface area contributed by atoms with E-state index in [2.05, 4.69) is 17.4 Å². The van der Waals surface area contributed by atoms with Gasteiger partial charge in [-0.2, -0.15) is 0 Å². The molecule has 2 radical (unpaired) electrons. The Kier molecular flexibility index (Phi) is 6.38. The van der Waals surface area contributed by atoms with Crippen molar-refractivity contribution in [1.29, 1.82) is 0 Å². The SMILES string of the molecule is [B]CCc1ccc(COc2ccccc2NC(=O)c2c(C)cccc2N)cc1. The van der Waals surface area contributed by atoms with Crippen LogP contribution in [0.25, 0.3) is 0 Å². The molecule has 3 aromatic rings. The Balaban J connectivity index is 1.71. The Morgan fingerprint density at radius 3 is 2.43 bits per heavy atom. The molecule has 0 bridgehead atoms. The van der Waals surface area contributed by atoms with Gasteiger partial charge in [0.15, 0.2) is 0 Å². The van der Waals surface area contributed by atoms with Crippen LogP contribution in [0.1, 0.15) is 27.0 Å². The Morgan fingerprint density at radius 2 is 1.71 bits per heavy atom. The summed E-state index contributed by atoms with van der Waals surface area (Å²) in [6.07, 6.45) is 1.49. The normalized spacial score (nSPS) is 10.5. The van der Waals surface area contributed by atoms with E-state index < -0.39 is 0 Å². The zero-order valence-corrected chi connectivity index (χ0v) is 15.9. The molecule has 0 unspecified atom stereocenters. The maximum atomic E-state index is 12.7. The first-order chi connectivity index (χ1) is 13.6. The first-order valence-corrected chi connectivity index (χ1v) is 9.24. The van der Waals surface area contributed by atoms with Gasteiger partial charge in [-0.1, -0.05) is 54.9 Å². The van der Waals surface area contributed by atoms with Gasteiger partial charge in [0.1, 0.15) is 12.4 Å². The summed E-state index contributed by atoms with van der Waals surface area (Å²) < 4.78 is 5.95. The molecule has 0 saturated heterocycles. The number of amides is 1. The smallest absolute Gasteiger partial charge is 0.258 e. The van der Waals surface area contributed by atoms with Crippen LogP contribution in [0, 0.1) is 6.92 Å². The molecular formula is C23H23BN2O2. The number of hydrogen-bond donors (Lipinski definition) is 2. The highest BCUT2D eigenvalue weighted by atomic mass is 16.5. The van der Waals surface area contributed by atoms with E-state index in [1.165, 1.54) is 5.56 Å². The second-order valence-electron chi connectivity index (χ2n) is 6.63. The van der Waals surface area contributed by atoms with Crippen LogP contribution in [-0.4, -0.2) is 13.8 Å². The van der Waals surface area contributed by atoms with Gasteiger partial charge in [0.25, 0.3) is 5.91 Å². The number of aryl methyl sites for hydroxylation is 2. The highest BCUT2D eigenvalue weighted by Crippen LogP contribution is 2.27. The summed E-state index contributed by atoms with van der Waals surface area (Å²) in [4.78, 5) is 12.7. The Bertz CT molecular complexity index is 935. The molecule has 0 fully saturated rings. The fourth-order valence-electron chi connectivity index (χ4n) is 3.01. The van der Waals surface area contributed by atoms with Crippen LogP contribution in [0.5, 0.6) is 5.75 Å². The molecule has 3 aromatic carbocycles. The van der Waals surface area contributed by atoms with Crippen LogP contribution in [0.4, 0.5) is 11.4 Å². The third-order valence-corrected chi connectivity index (χ3v) is 4.52. The van der Waals surface area contributed by atoms with Crippen LogP contribution < -0.4 is 15.8 Å². The number of ether oxygens (including phenoxy) is 1. The van der Waals surface area contributed by atoms with Crippen LogP contribution in [0.2, 0.25) is 6.32 Å². The summed E-state index contributed by atoms with van der Waals surface area (Å²) in [5, 5.41) is 2.91. The number of benzene rings is 3. The van der Waals surface area contributed by atoms with E-state index >= 15 is 0 Å². The summed E-state index contributed by atoms with van der Waals surface area (Å²) in [6.45, 7) is 2.27. The standard InChI is InChI=1S/C23H23BN2O2/c1-16-5-4-6-19(25)22(16)23(27)26-20-7-2-3-8-21(20)28-15-18-11-9-17(10-12-18)13-14-24/h2-12H,13-15,25H2,1H3,(H,26,27). The van der Waals surface area contributed by atoms with Crippen molar-refractivity contribution in [1.82, 2.24) is 0 Å². The number of hydrogen-bond acceptors (Lipinski definition) is 3. The predicted octanol–water partition coefficient (Wildman–Crippen LogP) is 4.54. The number of carbonyl (C=O) groups excluding carboxylic acids is 1. The van der Waals surface area contributed by atoms with Gasteiger partial charge in [0, 0.05) is 5.69 Å². The Morgan fingerprint density at radius 1 is 1.00 bits per heavy atom. The van der Waals surface area contributed by atoms with Crippen molar-refractivity contribution >= 4 is 25.1 Å². The monoisotopic (exact) mass is 370 g/mol. The van der Waals surface area contributed by atoms with E-state index in [0.29, 0.717) is 35.6 Å². The number of carbonyl (C=O) groups is 1. The number of anilines is 2. The largest absolute Gasteiger partial charge is 0.487 e. The second kappa shape index (κ2) is 9.13. The summed E-state index contributed by atoms with van der Waals surface area (Å²) in [5.41, 5.74) is 10.6. The van der Waals surface area contributed by atoms with Crippen molar-refractivity contribution in [2.45, 2.75) is 26.3 Å². The fraction of sp³-hybridized carbons (Fsp3) is 0.174. The molecule has 0 aliphatic rings. The van der Waals surface area contributed by atoms with Crippen molar-refractivity contribution in [3.63, 3.8) is 0 Å². The summed E-state index contributed by atoms with van der Waals surface area (Å²) in [7, 11) is 5.58. The molecule has 0 aromatic heterocycles. The molecule has 5 heteroatoms. The van der Waals surface area contributed by atoms with E-state index in [0.717, 1.165) is 17.5 Å². The zero-order chi connectivity index (χ0) is 19.9. The maximum absolute atomic E-state index is 12.7.